The second-order valence-electron chi connectivity index (χ2n) is 3.85. The maximum atomic E-state index is 11.7. The number of aromatic nitrogens is 1. The standard InChI is InChI=1S/C13H9IN2O2/c1-7-4-9(11(6-15)13(18)16-7)10-5-8(17)2-3-12(10)14/h2-5,17H,1H3,(H,16,18). The van der Waals surface area contributed by atoms with Gasteiger partial charge in [-0.1, -0.05) is 0 Å². The summed E-state index contributed by atoms with van der Waals surface area (Å²) in [5, 5.41) is 18.6. The second-order valence-corrected chi connectivity index (χ2v) is 5.01. The zero-order chi connectivity index (χ0) is 13.3. The van der Waals surface area contributed by atoms with Gasteiger partial charge in [-0.2, -0.15) is 5.26 Å². The van der Waals surface area contributed by atoms with Gasteiger partial charge >= 0.3 is 0 Å². The number of pyridine rings is 1. The first-order valence-corrected chi connectivity index (χ1v) is 6.23. The van der Waals surface area contributed by atoms with Gasteiger partial charge in [-0.3, -0.25) is 4.79 Å². The van der Waals surface area contributed by atoms with Gasteiger partial charge in [0.25, 0.3) is 5.56 Å². The number of rotatable bonds is 1. The summed E-state index contributed by atoms with van der Waals surface area (Å²) >= 11 is 2.10. The summed E-state index contributed by atoms with van der Waals surface area (Å²) in [4.78, 5) is 14.3. The van der Waals surface area contributed by atoms with Crippen molar-refractivity contribution in [3.63, 3.8) is 0 Å². The number of hydrogen-bond donors (Lipinski definition) is 2. The number of halogens is 1. The molecule has 0 fully saturated rings. The zero-order valence-electron chi connectivity index (χ0n) is 9.49. The number of nitrogens with one attached hydrogen (secondary N) is 1. The van der Waals surface area contributed by atoms with E-state index < -0.39 is 5.56 Å². The van der Waals surface area contributed by atoms with Crippen LogP contribution in [0.2, 0.25) is 0 Å². The van der Waals surface area contributed by atoms with Gasteiger partial charge in [0.2, 0.25) is 0 Å². The minimum absolute atomic E-state index is 0.0594. The molecule has 0 spiro atoms. The molecule has 1 aromatic heterocycles. The van der Waals surface area contributed by atoms with Crippen molar-refractivity contribution in [2.24, 2.45) is 0 Å². The van der Waals surface area contributed by atoms with Crippen LogP contribution in [0.5, 0.6) is 5.75 Å². The number of hydrogen-bond acceptors (Lipinski definition) is 3. The lowest BCUT2D eigenvalue weighted by Gasteiger charge is -2.08. The molecule has 2 N–H and O–H groups in total. The number of phenols is 1. The quantitative estimate of drug-likeness (QED) is 0.775. The van der Waals surface area contributed by atoms with Crippen molar-refractivity contribution >= 4 is 22.6 Å². The van der Waals surface area contributed by atoms with Crippen molar-refractivity contribution in [2.75, 3.05) is 0 Å². The molecular weight excluding hydrogens is 343 g/mol. The van der Waals surface area contributed by atoms with Crippen LogP contribution in [0.3, 0.4) is 0 Å². The monoisotopic (exact) mass is 352 g/mol. The van der Waals surface area contributed by atoms with E-state index >= 15 is 0 Å². The molecule has 0 bridgehead atoms. The van der Waals surface area contributed by atoms with Crippen LogP contribution in [0.4, 0.5) is 0 Å². The first-order valence-electron chi connectivity index (χ1n) is 5.16. The Labute approximate surface area is 117 Å². The fourth-order valence-electron chi connectivity index (χ4n) is 1.73. The van der Waals surface area contributed by atoms with E-state index in [1.165, 1.54) is 0 Å². The highest BCUT2D eigenvalue weighted by Gasteiger charge is 2.13. The maximum Gasteiger partial charge on any atom is 0.266 e. The lowest BCUT2D eigenvalue weighted by Crippen LogP contribution is -2.13. The van der Waals surface area contributed by atoms with Crippen molar-refractivity contribution in [1.29, 1.82) is 5.26 Å². The molecule has 0 aliphatic rings. The van der Waals surface area contributed by atoms with Gasteiger partial charge in [-0.05, 0) is 53.8 Å². The van der Waals surface area contributed by atoms with E-state index in [1.807, 2.05) is 6.07 Å². The first-order chi connectivity index (χ1) is 8.52. The Morgan fingerprint density at radius 2 is 2.06 bits per heavy atom. The Morgan fingerprint density at radius 1 is 1.33 bits per heavy atom. The molecule has 0 radical (unpaired) electrons. The van der Waals surface area contributed by atoms with Crippen molar-refractivity contribution in [2.45, 2.75) is 6.92 Å². The minimum atomic E-state index is -0.411. The largest absolute Gasteiger partial charge is 0.508 e. The molecule has 0 aliphatic carbocycles. The highest BCUT2D eigenvalue weighted by Crippen LogP contribution is 2.30. The lowest BCUT2D eigenvalue weighted by atomic mass is 10.0. The maximum absolute atomic E-state index is 11.7. The molecule has 0 saturated heterocycles. The third kappa shape index (κ3) is 2.24. The molecule has 90 valence electrons. The highest BCUT2D eigenvalue weighted by molar-refractivity contribution is 14.1. The van der Waals surface area contributed by atoms with Gasteiger partial charge in [-0.25, -0.2) is 0 Å². The van der Waals surface area contributed by atoms with Crippen LogP contribution in [0.1, 0.15) is 11.3 Å². The van der Waals surface area contributed by atoms with E-state index in [2.05, 4.69) is 27.6 Å². The first kappa shape index (κ1) is 12.6. The number of phenolic OH excluding ortho intramolecular Hbond substituents is 1. The topological polar surface area (TPSA) is 76.9 Å². The number of nitriles is 1. The van der Waals surface area contributed by atoms with Gasteiger partial charge < -0.3 is 10.1 Å². The molecule has 18 heavy (non-hydrogen) atoms. The molecule has 2 rings (SSSR count). The smallest absolute Gasteiger partial charge is 0.266 e. The van der Waals surface area contributed by atoms with Crippen molar-refractivity contribution < 1.29 is 5.11 Å². The molecule has 0 unspecified atom stereocenters. The predicted octanol–water partition coefficient (Wildman–Crippen LogP) is 2.53. The predicted molar refractivity (Wildman–Crippen MR) is 76.3 cm³/mol. The van der Waals surface area contributed by atoms with E-state index in [9.17, 15) is 9.90 Å². The van der Waals surface area contributed by atoms with E-state index in [0.29, 0.717) is 16.8 Å². The lowest BCUT2D eigenvalue weighted by molar-refractivity contribution is 0.475. The molecule has 1 heterocycles. The van der Waals surface area contributed by atoms with Gasteiger partial charge in [0.15, 0.2) is 0 Å². The van der Waals surface area contributed by atoms with E-state index in [1.54, 1.807) is 31.2 Å². The Hall–Kier alpha value is -1.81. The average molecular weight is 352 g/mol. The summed E-state index contributed by atoms with van der Waals surface area (Å²) < 4.78 is 0.868. The van der Waals surface area contributed by atoms with Gasteiger partial charge in [-0.15, -0.1) is 0 Å². The number of nitrogens with zero attached hydrogens (tertiary/aromatic N) is 1. The van der Waals surface area contributed by atoms with Crippen LogP contribution in [-0.2, 0) is 0 Å². The molecule has 5 heteroatoms. The van der Waals surface area contributed by atoms with Crippen molar-refractivity contribution in [3.8, 4) is 22.9 Å². The fourth-order valence-corrected chi connectivity index (χ4v) is 2.36. The summed E-state index contributed by atoms with van der Waals surface area (Å²) in [6.45, 7) is 1.75. The molecule has 4 nitrogen and oxygen atoms in total. The molecule has 0 aliphatic heterocycles. The molecule has 0 atom stereocenters. The van der Waals surface area contributed by atoms with Crippen LogP contribution >= 0.6 is 22.6 Å². The van der Waals surface area contributed by atoms with Gasteiger partial charge in [0.1, 0.15) is 17.4 Å². The Bertz CT molecular complexity index is 714. The Kier molecular flexibility index (Phi) is 3.39. The third-order valence-corrected chi connectivity index (χ3v) is 3.46. The summed E-state index contributed by atoms with van der Waals surface area (Å²) in [7, 11) is 0. The van der Waals surface area contributed by atoms with Crippen LogP contribution < -0.4 is 5.56 Å². The van der Waals surface area contributed by atoms with E-state index in [4.69, 9.17) is 5.26 Å². The number of aromatic amines is 1. The summed E-state index contributed by atoms with van der Waals surface area (Å²) in [6.07, 6.45) is 0. The average Bonchev–Trinajstić information content (AvgIpc) is 2.31. The summed E-state index contributed by atoms with van der Waals surface area (Å²) in [5.74, 6) is 0.104. The Morgan fingerprint density at radius 3 is 2.72 bits per heavy atom. The number of benzene rings is 1. The van der Waals surface area contributed by atoms with Crippen molar-refractivity contribution in [1.82, 2.24) is 4.98 Å². The van der Waals surface area contributed by atoms with E-state index in [-0.39, 0.29) is 11.3 Å². The van der Waals surface area contributed by atoms with Crippen molar-refractivity contribution in [3.05, 3.63) is 49.4 Å². The molecule has 0 saturated carbocycles. The zero-order valence-corrected chi connectivity index (χ0v) is 11.6. The van der Waals surface area contributed by atoms with Crippen LogP contribution in [0, 0.1) is 21.8 Å². The number of aryl methyl sites for hydroxylation is 1. The van der Waals surface area contributed by atoms with Crippen LogP contribution in [-0.4, -0.2) is 10.1 Å². The van der Waals surface area contributed by atoms with E-state index in [0.717, 1.165) is 3.57 Å². The molecule has 2 aromatic rings. The van der Waals surface area contributed by atoms with Crippen LogP contribution in [0.25, 0.3) is 11.1 Å². The highest BCUT2D eigenvalue weighted by atomic mass is 127. The van der Waals surface area contributed by atoms with Gasteiger partial charge in [0.05, 0.1) is 0 Å². The Balaban J connectivity index is 2.83. The molecule has 0 amide bonds. The third-order valence-electron chi connectivity index (χ3n) is 2.52. The molecule has 1 aromatic carbocycles. The normalized spacial score (nSPS) is 10.1. The van der Waals surface area contributed by atoms with Crippen LogP contribution in [0.15, 0.2) is 29.1 Å². The number of aromatic hydroxyl groups is 1. The second kappa shape index (κ2) is 4.82. The minimum Gasteiger partial charge on any atom is -0.508 e. The SMILES string of the molecule is Cc1cc(-c2cc(O)ccc2I)c(C#N)c(=O)[nH]1. The summed E-state index contributed by atoms with van der Waals surface area (Å²) in [6, 6.07) is 8.50. The fraction of sp³-hybridized carbons (Fsp3) is 0.0769. The summed E-state index contributed by atoms with van der Waals surface area (Å²) in [5.41, 5.74) is 1.55. The molecular formula is C13H9IN2O2. The number of H-pyrrole nitrogens is 1. The van der Waals surface area contributed by atoms with Gasteiger partial charge in [0, 0.05) is 20.4 Å².